The molecule has 0 fully saturated rings. The average molecular weight is 1750 g/mol. The average Bonchev–Trinajstić information content (AvgIpc) is 1.57. The number of para-hydroxylation sites is 7. The van der Waals surface area contributed by atoms with Crippen LogP contribution in [0.25, 0.3) is 159 Å². The first-order chi connectivity index (χ1) is 65.9. The zero-order valence-electron chi connectivity index (χ0n) is 76.1. The molecule has 24 rings (SSSR count). The van der Waals surface area contributed by atoms with Crippen molar-refractivity contribution in [1.82, 2.24) is 32.0 Å². The Morgan fingerprint density at radius 3 is 0.793 bits per heavy atom. The van der Waals surface area contributed by atoms with Crippen molar-refractivity contribution in [1.29, 1.82) is 0 Å². The number of anilines is 6. The standard InChI is InChI=1S/C35H25N3O.C35H26N2O.C29H24N2O.C23H20N2O/c1-22-21-36(2)34-20-24(15-17-28(34)35(22)39)38-32-14-8-5-11-27(32)29-19-23(16-18-33(29)38)37-30-12-6-3-9-25(30)26-10-4-7-13-31(26)37;1-23-22-36(2)34-21-28(15-16-29(34)35(23)38)37-32-17-13-26(24-9-5-3-6-10-24)19-30(32)31-20-27(14-18-33(31)37)25-11-7-4-8-12-25;1-21-20-30(2)28-19-23(15-18-27(28)29(21)32)22-13-16-26(17-14-22)31(24-9-5-3-6-10-24)25-11-7-4-8-12-25;1-17-16-24(2)22-15-20(13-14-21(22)23(17)26)25(18-9-5-3-6-10-18)19-11-7-4-8-12-19/h3-21H,1-2H3;3-22H,1-2H3;3-20H,1-2H3;3-16H,1-2H3. The van der Waals surface area contributed by atoms with Gasteiger partial charge in [-0.3, -0.25) is 19.2 Å². The topological polar surface area (TPSA) is 109 Å². The van der Waals surface area contributed by atoms with Crippen molar-refractivity contribution in [2.75, 3.05) is 9.80 Å². The molecule has 24 aromatic rings. The van der Waals surface area contributed by atoms with Crippen LogP contribution in [0, 0.1) is 27.7 Å². The van der Waals surface area contributed by atoms with Crippen LogP contribution in [0.15, 0.2) is 450 Å². The summed E-state index contributed by atoms with van der Waals surface area (Å²) in [5, 5.41) is 10.3. The molecule has 7 heterocycles. The molecule has 0 aliphatic carbocycles. The van der Waals surface area contributed by atoms with E-state index in [2.05, 4.69) is 345 Å². The molecule has 652 valence electrons. The van der Waals surface area contributed by atoms with Crippen LogP contribution >= 0.6 is 0 Å². The lowest BCUT2D eigenvalue weighted by molar-refractivity contribution is 0.937. The van der Waals surface area contributed by atoms with Crippen molar-refractivity contribution >= 4 is 143 Å². The second kappa shape index (κ2) is 35.5. The van der Waals surface area contributed by atoms with Crippen LogP contribution < -0.4 is 31.5 Å². The molecule has 17 aromatic carbocycles. The molecular formula is C122H95N9O4. The molecule has 0 amide bonds. The minimum Gasteiger partial charge on any atom is -0.350 e. The summed E-state index contributed by atoms with van der Waals surface area (Å²) < 4.78 is 15.1. The third-order valence-corrected chi connectivity index (χ3v) is 26.2. The fourth-order valence-electron chi connectivity index (χ4n) is 19.7. The summed E-state index contributed by atoms with van der Waals surface area (Å²) in [5.74, 6) is 0. The van der Waals surface area contributed by atoms with Crippen LogP contribution in [0.2, 0.25) is 0 Å². The molecule has 0 spiro atoms. The number of aromatic nitrogens is 7. The van der Waals surface area contributed by atoms with Gasteiger partial charge in [0.05, 0.1) is 55.2 Å². The zero-order chi connectivity index (χ0) is 92.2. The maximum Gasteiger partial charge on any atom is 0.192 e. The van der Waals surface area contributed by atoms with E-state index in [0.29, 0.717) is 0 Å². The lowest BCUT2D eigenvalue weighted by Crippen LogP contribution is -2.13. The normalized spacial score (nSPS) is 11.4. The largest absolute Gasteiger partial charge is 0.350 e. The van der Waals surface area contributed by atoms with Gasteiger partial charge in [-0.15, -0.1) is 0 Å². The van der Waals surface area contributed by atoms with Crippen molar-refractivity contribution in [2.24, 2.45) is 28.2 Å². The van der Waals surface area contributed by atoms with E-state index in [1.165, 1.54) is 65.6 Å². The molecule has 13 heteroatoms. The highest BCUT2D eigenvalue weighted by Crippen LogP contribution is 2.43. The Bertz CT molecular complexity index is 8760. The second-order valence-electron chi connectivity index (χ2n) is 34.9. The monoisotopic (exact) mass is 1750 g/mol. The number of hydrogen-bond donors (Lipinski definition) is 0. The maximum atomic E-state index is 12.8. The number of aryl methyl sites for hydroxylation is 8. The van der Waals surface area contributed by atoms with Gasteiger partial charge in [0.25, 0.3) is 0 Å². The van der Waals surface area contributed by atoms with E-state index in [1.807, 2.05) is 184 Å². The van der Waals surface area contributed by atoms with Gasteiger partial charge >= 0.3 is 0 Å². The Kier molecular flexibility index (Phi) is 22.2. The van der Waals surface area contributed by atoms with Gasteiger partial charge in [-0.25, -0.2) is 0 Å². The molecule has 0 aliphatic heterocycles. The first-order valence-electron chi connectivity index (χ1n) is 45.5. The van der Waals surface area contributed by atoms with Crippen LogP contribution in [-0.2, 0) is 28.2 Å². The highest BCUT2D eigenvalue weighted by Gasteiger charge is 2.23. The van der Waals surface area contributed by atoms with Crippen LogP contribution in [0.1, 0.15) is 22.3 Å². The minimum atomic E-state index is 0.0897. The Morgan fingerprint density at radius 1 is 0.170 bits per heavy atom. The number of rotatable bonds is 12. The molecule has 0 bridgehead atoms. The predicted molar refractivity (Wildman–Crippen MR) is 564 cm³/mol. The van der Waals surface area contributed by atoms with Gasteiger partial charge in [0.1, 0.15) is 0 Å². The highest BCUT2D eigenvalue weighted by atomic mass is 16.1. The summed E-state index contributed by atoms with van der Waals surface area (Å²) in [4.78, 5) is 55.1. The van der Waals surface area contributed by atoms with Gasteiger partial charge in [0, 0.05) is 180 Å². The lowest BCUT2D eigenvalue weighted by atomic mass is 10.0. The molecule has 135 heavy (non-hydrogen) atoms. The van der Waals surface area contributed by atoms with E-state index in [9.17, 15) is 19.2 Å². The van der Waals surface area contributed by atoms with Crippen LogP contribution in [0.5, 0.6) is 0 Å². The van der Waals surface area contributed by atoms with Crippen molar-refractivity contribution < 1.29 is 0 Å². The van der Waals surface area contributed by atoms with Gasteiger partial charge in [-0.2, -0.15) is 0 Å². The van der Waals surface area contributed by atoms with Crippen molar-refractivity contribution in [3.63, 3.8) is 0 Å². The summed E-state index contributed by atoms with van der Waals surface area (Å²) in [6.07, 6.45) is 7.62. The predicted octanol–water partition coefficient (Wildman–Crippen LogP) is 28.6. The summed E-state index contributed by atoms with van der Waals surface area (Å²) in [7, 11) is 7.97. The summed E-state index contributed by atoms with van der Waals surface area (Å²) >= 11 is 0. The van der Waals surface area contributed by atoms with Gasteiger partial charge in [-0.05, 0) is 249 Å². The Morgan fingerprint density at radius 2 is 0.407 bits per heavy atom. The first-order valence-corrected chi connectivity index (χ1v) is 45.5. The van der Waals surface area contributed by atoms with Crippen LogP contribution in [-0.4, -0.2) is 32.0 Å². The number of benzene rings is 17. The summed E-state index contributed by atoms with van der Waals surface area (Å²) in [6, 6.07) is 141. The summed E-state index contributed by atoms with van der Waals surface area (Å²) in [6.45, 7) is 7.46. The molecule has 0 atom stereocenters. The molecule has 7 aromatic heterocycles. The molecule has 0 saturated heterocycles. The van der Waals surface area contributed by atoms with Gasteiger partial charge < -0.3 is 41.8 Å². The molecule has 0 saturated carbocycles. The first kappa shape index (κ1) is 84.4. The Hall–Kier alpha value is -17.4. The molecule has 0 aliphatic rings. The van der Waals surface area contributed by atoms with Crippen molar-refractivity contribution in [2.45, 2.75) is 27.7 Å². The van der Waals surface area contributed by atoms with Crippen LogP contribution in [0.3, 0.4) is 0 Å². The number of nitrogens with zero attached hydrogens (tertiary/aromatic N) is 9. The van der Waals surface area contributed by atoms with Gasteiger partial charge in [0.15, 0.2) is 21.7 Å². The van der Waals surface area contributed by atoms with E-state index in [-0.39, 0.29) is 21.7 Å². The Labute approximate surface area is 780 Å². The fourth-order valence-corrected chi connectivity index (χ4v) is 19.7. The van der Waals surface area contributed by atoms with Crippen molar-refractivity contribution in [3.8, 4) is 50.4 Å². The van der Waals surface area contributed by atoms with E-state index in [4.69, 9.17) is 0 Å². The van der Waals surface area contributed by atoms with E-state index in [0.717, 1.165) is 150 Å². The van der Waals surface area contributed by atoms with Crippen LogP contribution in [0.4, 0.5) is 34.1 Å². The Balaban J connectivity index is 0.000000109. The smallest absolute Gasteiger partial charge is 0.192 e. The highest BCUT2D eigenvalue weighted by molar-refractivity contribution is 6.14. The van der Waals surface area contributed by atoms with E-state index >= 15 is 0 Å². The van der Waals surface area contributed by atoms with Gasteiger partial charge in [0.2, 0.25) is 0 Å². The SMILES string of the molecule is Cc1cn(C)c2cc(-c3ccc(N(c4ccccc4)c4ccccc4)cc3)ccc2c1=O.Cc1cn(C)c2cc(-n3c4ccc(-c5ccccc5)cc4c4cc(-c5ccccc5)ccc43)ccc2c1=O.Cc1cn(C)c2cc(-n3c4ccccc4c4cc(-n5c6ccccc6c6ccccc65)ccc43)ccc2c1=O.Cc1cn(C)c2cc(N(c3ccccc3)c3ccccc3)ccc2c1=O. The minimum absolute atomic E-state index is 0.0897. The fraction of sp³-hybridized carbons (Fsp3) is 0.0656. The number of pyridine rings is 4. The van der Waals surface area contributed by atoms with Gasteiger partial charge in [-0.1, -0.05) is 218 Å². The molecule has 0 N–H and O–H groups in total. The van der Waals surface area contributed by atoms with E-state index < -0.39 is 0 Å². The summed E-state index contributed by atoms with van der Waals surface area (Å²) in [5.41, 5.74) is 30.8. The molecular weight excluding hydrogens is 1660 g/mol. The quantitative estimate of drug-likeness (QED) is 0.121. The number of fused-ring (bicyclic) bond motifs is 13. The third-order valence-electron chi connectivity index (χ3n) is 26.2. The molecule has 0 unspecified atom stereocenters. The second-order valence-corrected chi connectivity index (χ2v) is 34.9. The van der Waals surface area contributed by atoms with E-state index in [1.54, 1.807) is 0 Å². The third kappa shape index (κ3) is 15.7. The molecule has 0 radical (unpaired) electrons. The number of hydrogen-bond acceptors (Lipinski definition) is 6. The zero-order valence-corrected chi connectivity index (χ0v) is 76.1. The molecule has 13 nitrogen and oxygen atoms in total. The maximum absolute atomic E-state index is 12.8. The van der Waals surface area contributed by atoms with Crippen molar-refractivity contribution in [3.05, 3.63) is 494 Å². The lowest BCUT2D eigenvalue weighted by Gasteiger charge is -2.26.